The van der Waals surface area contributed by atoms with Crippen molar-refractivity contribution in [3.8, 4) is 0 Å². The number of unbranched alkanes of at least 4 members (excludes halogenated alkanes) is 2. The van der Waals surface area contributed by atoms with Gasteiger partial charge in [0, 0.05) is 37.8 Å². The lowest BCUT2D eigenvalue weighted by Gasteiger charge is -2.28. The summed E-state index contributed by atoms with van der Waals surface area (Å²) in [6.45, 7) is 7.73. The molecule has 0 N–H and O–H groups in total. The summed E-state index contributed by atoms with van der Waals surface area (Å²) in [7, 11) is -2.55. The molecule has 0 radical (unpaired) electrons. The number of rotatable bonds is 13. The zero-order valence-corrected chi connectivity index (χ0v) is 17.8. The summed E-state index contributed by atoms with van der Waals surface area (Å²) in [6, 6.07) is 14.9. The summed E-state index contributed by atoms with van der Waals surface area (Å²) in [4.78, 5) is 12.5. The Morgan fingerprint density at radius 2 is 1.44 bits per heavy atom. The van der Waals surface area contributed by atoms with Crippen molar-refractivity contribution in [3.63, 3.8) is 0 Å². The number of benzene rings is 2. The van der Waals surface area contributed by atoms with E-state index < -0.39 is 8.80 Å². The summed E-state index contributed by atoms with van der Waals surface area (Å²) >= 11 is 0. The Balaban J connectivity index is 1.81. The number of ketones is 1. The van der Waals surface area contributed by atoms with E-state index >= 15 is 0 Å². The van der Waals surface area contributed by atoms with Crippen molar-refractivity contribution in [2.75, 3.05) is 19.8 Å². The van der Waals surface area contributed by atoms with Gasteiger partial charge in [-0.15, -0.1) is 0 Å². The van der Waals surface area contributed by atoms with Gasteiger partial charge in [0.2, 0.25) is 0 Å². The molecule has 0 saturated heterocycles. The fourth-order valence-electron chi connectivity index (χ4n) is 3.31. The number of hydrogen-bond acceptors (Lipinski definition) is 4. The van der Waals surface area contributed by atoms with Crippen molar-refractivity contribution in [1.29, 1.82) is 0 Å². The van der Waals surface area contributed by atoms with Gasteiger partial charge in [-0.05, 0) is 50.5 Å². The van der Waals surface area contributed by atoms with Gasteiger partial charge in [-0.3, -0.25) is 4.79 Å². The molecule has 148 valence electrons. The number of carbonyl (C=O) groups excluding carboxylic acids is 1. The van der Waals surface area contributed by atoms with Crippen LogP contribution < -0.4 is 0 Å². The second-order valence-corrected chi connectivity index (χ2v) is 9.26. The standard InChI is InChI=1S/C22H32O4Si/c1-4-24-27(25-5-2,26-6-3)17-11-7-8-14-22(23)21-16-15-19-12-9-10-13-20(19)18-21/h9-10,12-13,15-16,18H,4-8,11,14,17H2,1-3H3. The second-order valence-electron chi connectivity index (χ2n) is 6.53. The Morgan fingerprint density at radius 1 is 0.815 bits per heavy atom. The Labute approximate surface area is 164 Å². The Morgan fingerprint density at radius 3 is 2.07 bits per heavy atom. The van der Waals surface area contributed by atoms with Gasteiger partial charge >= 0.3 is 8.80 Å². The van der Waals surface area contributed by atoms with Gasteiger partial charge in [-0.2, -0.15) is 0 Å². The maximum Gasteiger partial charge on any atom is 0.500 e. The average Bonchev–Trinajstić information content (AvgIpc) is 2.68. The Kier molecular flexibility index (Phi) is 9.14. The maximum atomic E-state index is 12.5. The summed E-state index contributed by atoms with van der Waals surface area (Å²) in [5.41, 5.74) is 0.801. The van der Waals surface area contributed by atoms with Crippen LogP contribution in [-0.4, -0.2) is 34.4 Å². The zero-order valence-electron chi connectivity index (χ0n) is 16.8. The first-order valence-corrected chi connectivity index (χ1v) is 12.0. The lowest BCUT2D eigenvalue weighted by atomic mass is 10.0. The van der Waals surface area contributed by atoms with Gasteiger partial charge in [0.15, 0.2) is 5.78 Å². The minimum Gasteiger partial charge on any atom is -0.374 e. The molecule has 0 atom stereocenters. The lowest BCUT2D eigenvalue weighted by Crippen LogP contribution is -2.45. The minimum atomic E-state index is -2.55. The van der Waals surface area contributed by atoms with Crippen LogP contribution in [0.5, 0.6) is 0 Å². The molecule has 2 aromatic carbocycles. The SMILES string of the molecule is CCO[Si](CCCCCC(=O)c1ccc2ccccc2c1)(OCC)OCC. The first-order valence-electron chi connectivity index (χ1n) is 10.1. The fourth-order valence-corrected chi connectivity index (χ4v) is 6.00. The molecule has 0 amide bonds. The van der Waals surface area contributed by atoms with E-state index in [1.54, 1.807) is 0 Å². The third-order valence-electron chi connectivity index (χ3n) is 4.55. The normalized spacial score (nSPS) is 11.8. The topological polar surface area (TPSA) is 44.8 Å². The smallest absolute Gasteiger partial charge is 0.374 e. The van der Waals surface area contributed by atoms with Crippen LogP contribution in [0.4, 0.5) is 0 Å². The van der Waals surface area contributed by atoms with Crippen molar-refractivity contribution in [2.24, 2.45) is 0 Å². The molecular weight excluding hydrogens is 356 g/mol. The Bertz CT molecular complexity index is 699. The zero-order chi connectivity index (χ0) is 19.5. The van der Waals surface area contributed by atoms with E-state index in [4.69, 9.17) is 13.3 Å². The van der Waals surface area contributed by atoms with Crippen molar-refractivity contribution in [2.45, 2.75) is 52.5 Å². The summed E-state index contributed by atoms with van der Waals surface area (Å²) in [6.07, 6.45) is 3.38. The molecular formula is C22H32O4Si. The van der Waals surface area contributed by atoms with Crippen LogP contribution in [-0.2, 0) is 13.3 Å². The van der Waals surface area contributed by atoms with Crippen molar-refractivity contribution >= 4 is 25.4 Å². The highest BCUT2D eigenvalue weighted by atomic mass is 28.4. The van der Waals surface area contributed by atoms with Crippen LogP contribution in [0, 0.1) is 0 Å². The molecule has 0 fully saturated rings. The molecule has 0 aliphatic rings. The molecule has 0 aliphatic heterocycles. The van der Waals surface area contributed by atoms with E-state index in [1.165, 1.54) is 0 Å². The molecule has 27 heavy (non-hydrogen) atoms. The van der Waals surface area contributed by atoms with Crippen LogP contribution in [0.2, 0.25) is 6.04 Å². The fraction of sp³-hybridized carbons (Fsp3) is 0.500. The van der Waals surface area contributed by atoms with Crippen molar-refractivity contribution in [3.05, 3.63) is 48.0 Å². The number of fused-ring (bicyclic) bond motifs is 1. The molecule has 0 aliphatic carbocycles. The van der Waals surface area contributed by atoms with E-state index in [9.17, 15) is 4.79 Å². The monoisotopic (exact) mass is 388 g/mol. The van der Waals surface area contributed by atoms with Gasteiger partial charge in [0.1, 0.15) is 0 Å². The van der Waals surface area contributed by atoms with E-state index in [-0.39, 0.29) is 5.78 Å². The summed E-state index contributed by atoms with van der Waals surface area (Å²) < 4.78 is 17.6. The van der Waals surface area contributed by atoms with Crippen LogP contribution in [0.1, 0.15) is 56.8 Å². The highest BCUT2D eigenvalue weighted by Gasteiger charge is 2.39. The van der Waals surface area contributed by atoms with Gasteiger partial charge in [-0.25, -0.2) is 0 Å². The first kappa shape index (κ1) is 21.8. The number of Topliss-reactive ketones (excluding diaryl/α,β-unsaturated/α-hetero) is 1. The number of hydrogen-bond donors (Lipinski definition) is 0. The molecule has 2 aromatic rings. The van der Waals surface area contributed by atoms with E-state index in [0.29, 0.717) is 26.2 Å². The third-order valence-corrected chi connectivity index (χ3v) is 7.70. The molecule has 0 saturated carbocycles. The Hall–Kier alpha value is -1.53. The largest absolute Gasteiger partial charge is 0.500 e. The second kappa shape index (κ2) is 11.3. The predicted octanol–water partition coefficient (Wildman–Crippen LogP) is 5.63. The molecule has 5 heteroatoms. The summed E-state index contributed by atoms with van der Waals surface area (Å²) in [5.74, 6) is 0.212. The maximum absolute atomic E-state index is 12.5. The van der Waals surface area contributed by atoms with E-state index in [0.717, 1.165) is 41.6 Å². The van der Waals surface area contributed by atoms with E-state index in [1.807, 2.05) is 57.2 Å². The molecule has 2 rings (SSSR count). The van der Waals surface area contributed by atoms with Crippen LogP contribution in [0.15, 0.2) is 42.5 Å². The molecule has 0 spiro atoms. The van der Waals surface area contributed by atoms with Crippen molar-refractivity contribution in [1.82, 2.24) is 0 Å². The molecule has 0 aromatic heterocycles. The molecule has 0 bridgehead atoms. The number of carbonyl (C=O) groups is 1. The van der Waals surface area contributed by atoms with Gasteiger partial charge in [0.05, 0.1) is 0 Å². The van der Waals surface area contributed by atoms with Crippen LogP contribution in [0.25, 0.3) is 10.8 Å². The minimum absolute atomic E-state index is 0.212. The molecule has 0 heterocycles. The van der Waals surface area contributed by atoms with Crippen LogP contribution >= 0.6 is 0 Å². The summed E-state index contributed by atoms with van der Waals surface area (Å²) in [5, 5.41) is 2.28. The molecule has 0 unspecified atom stereocenters. The van der Waals surface area contributed by atoms with Gasteiger partial charge < -0.3 is 13.3 Å². The lowest BCUT2D eigenvalue weighted by molar-refractivity contribution is 0.0706. The first-order chi connectivity index (χ1) is 13.1. The van der Waals surface area contributed by atoms with Crippen LogP contribution in [0.3, 0.4) is 0 Å². The highest BCUT2D eigenvalue weighted by Crippen LogP contribution is 2.21. The van der Waals surface area contributed by atoms with Crippen molar-refractivity contribution < 1.29 is 18.1 Å². The average molecular weight is 389 g/mol. The highest BCUT2D eigenvalue weighted by molar-refractivity contribution is 6.60. The quantitative estimate of drug-likeness (QED) is 0.253. The van der Waals surface area contributed by atoms with Gasteiger partial charge in [0.25, 0.3) is 0 Å². The van der Waals surface area contributed by atoms with E-state index in [2.05, 4.69) is 6.07 Å². The van der Waals surface area contributed by atoms with Gasteiger partial charge in [-0.1, -0.05) is 42.8 Å². The molecule has 4 nitrogen and oxygen atoms in total. The predicted molar refractivity (Wildman–Crippen MR) is 112 cm³/mol. The third kappa shape index (κ3) is 6.54.